The third-order valence-corrected chi connectivity index (χ3v) is 7.62. The monoisotopic (exact) mass is 435 g/mol. The molecule has 1 aliphatic heterocycles. The fraction of sp³-hybridized carbons (Fsp3) is 0.562. The van der Waals surface area contributed by atoms with E-state index in [0.29, 0.717) is 0 Å². The van der Waals surface area contributed by atoms with Crippen LogP contribution in [0.5, 0.6) is 0 Å². The molecule has 1 heterocycles. The van der Waals surface area contributed by atoms with Crippen LogP contribution in [0.3, 0.4) is 0 Å². The molecular formula is C16H22INOS2. The number of hydrogen-bond acceptors (Lipinski definition) is 3. The molecule has 1 fully saturated rings. The van der Waals surface area contributed by atoms with Gasteiger partial charge in [-0.3, -0.25) is 4.79 Å². The quantitative estimate of drug-likeness (QED) is 0.638. The Hall–Kier alpha value is 0.120. The summed E-state index contributed by atoms with van der Waals surface area (Å²) in [6, 6.07) is 6.41. The van der Waals surface area contributed by atoms with E-state index in [2.05, 4.69) is 47.0 Å². The van der Waals surface area contributed by atoms with Crippen molar-refractivity contribution in [2.45, 2.75) is 38.2 Å². The maximum atomic E-state index is 12.1. The van der Waals surface area contributed by atoms with E-state index in [1.807, 2.05) is 50.4 Å². The van der Waals surface area contributed by atoms with Crippen LogP contribution in [0.2, 0.25) is 0 Å². The zero-order valence-corrected chi connectivity index (χ0v) is 16.7. The third kappa shape index (κ3) is 4.32. The highest BCUT2D eigenvalue weighted by atomic mass is 127. The number of benzene rings is 1. The first-order chi connectivity index (χ1) is 9.72. The van der Waals surface area contributed by atoms with Gasteiger partial charge in [0.25, 0.3) is 0 Å². The van der Waals surface area contributed by atoms with Gasteiger partial charge in [-0.05, 0) is 65.1 Å². The van der Waals surface area contributed by atoms with Gasteiger partial charge in [-0.15, -0.1) is 23.5 Å². The summed E-state index contributed by atoms with van der Waals surface area (Å²) in [4.78, 5) is 12.1. The fourth-order valence-corrected chi connectivity index (χ4v) is 5.62. The lowest BCUT2D eigenvalue weighted by molar-refractivity contribution is -0.123. The Balaban J connectivity index is 2.19. The molecule has 0 spiro atoms. The van der Waals surface area contributed by atoms with Crippen molar-refractivity contribution in [2.24, 2.45) is 5.41 Å². The zero-order chi connectivity index (χ0) is 15.7. The molecule has 1 aromatic carbocycles. The van der Waals surface area contributed by atoms with Crippen LogP contribution in [0.1, 0.15) is 39.7 Å². The number of thioether (sulfide) groups is 2. The van der Waals surface area contributed by atoms with Crippen molar-refractivity contribution in [1.82, 2.24) is 0 Å². The summed E-state index contributed by atoms with van der Waals surface area (Å²) in [6.45, 7) is 8.10. The molecule has 0 bridgehead atoms. The van der Waals surface area contributed by atoms with Gasteiger partial charge in [0.2, 0.25) is 5.91 Å². The molecular weight excluding hydrogens is 413 g/mol. The summed E-state index contributed by atoms with van der Waals surface area (Å²) >= 11 is 6.36. The fourth-order valence-electron chi connectivity index (χ4n) is 2.01. The molecule has 0 aliphatic carbocycles. The van der Waals surface area contributed by atoms with Gasteiger partial charge in [-0.25, -0.2) is 0 Å². The molecule has 0 radical (unpaired) electrons. The number of carbonyl (C=O) groups excluding carboxylic acids is 1. The molecule has 2 rings (SSSR count). The van der Waals surface area contributed by atoms with Crippen LogP contribution in [0.4, 0.5) is 5.69 Å². The number of anilines is 1. The predicted molar refractivity (Wildman–Crippen MR) is 104 cm³/mol. The highest BCUT2D eigenvalue weighted by Crippen LogP contribution is 2.50. The third-order valence-electron chi connectivity index (χ3n) is 3.47. The highest BCUT2D eigenvalue weighted by Gasteiger charge is 2.31. The Morgan fingerprint density at radius 1 is 1.29 bits per heavy atom. The Morgan fingerprint density at radius 2 is 1.90 bits per heavy atom. The summed E-state index contributed by atoms with van der Waals surface area (Å²) in [5.41, 5.74) is 1.88. The van der Waals surface area contributed by atoms with E-state index in [1.54, 1.807) is 0 Å². The largest absolute Gasteiger partial charge is 0.325 e. The van der Waals surface area contributed by atoms with E-state index >= 15 is 0 Å². The molecule has 21 heavy (non-hydrogen) atoms. The van der Waals surface area contributed by atoms with Crippen LogP contribution in [0, 0.1) is 8.99 Å². The standard InChI is InChI=1S/C16H22INOS2/c1-15(2,3)14(19)18-13-7-6-11(10-12(13)17)16(4)20-8-5-9-21-16/h6-7,10H,5,8-9H2,1-4H3,(H,18,19). The predicted octanol–water partition coefficient (Wildman–Crippen LogP) is 5.32. The Morgan fingerprint density at radius 3 is 2.43 bits per heavy atom. The average molecular weight is 435 g/mol. The average Bonchev–Trinajstić information content (AvgIpc) is 2.40. The van der Waals surface area contributed by atoms with Gasteiger partial charge in [-0.1, -0.05) is 26.8 Å². The Bertz CT molecular complexity index is 534. The van der Waals surface area contributed by atoms with Crippen molar-refractivity contribution in [2.75, 3.05) is 16.8 Å². The van der Waals surface area contributed by atoms with Crippen LogP contribution >= 0.6 is 46.1 Å². The number of halogens is 1. The molecule has 0 aromatic heterocycles. The van der Waals surface area contributed by atoms with Crippen molar-refractivity contribution in [3.05, 3.63) is 27.3 Å². The first kappa shape index (κ1) is 17.5. The van der Waals surface area contributed by atoms with Gasteiger partial charge in [0.1, 0.15) is 0 Å². The van der Waals surface area contributed by atoms with Gasteiger partial charge >= 0.3 is 0 Å². The molecule has 2 nitrogen and oxygen atoms in total. The molecule has 1 aliphatic rings. The SMILES string of the molecule is CC(C)(C)C(=O)Nc1ccc(C2(C)SCCCS2)cc1I. The molecule has 116 valence electrons. The summed E-state index contributed by atoms with van der Waals surface area (Å²) in [6.07, 6.45) is 1.29. The molecule has 1 saturated heterocycles. The van der Waals surface area contributed by atoms with E-state index in [9.17, 15) is 4.79 Å². The number of carbonyl (C=O) groups is 1. The van der Waals surface area contributed by atoms with Crippen LogP contribution in [-0.4, -0.2) is 17.4 Å². The van der Waals surface area contributed by atoms with Crippen LogP contribution in [0.15, 0.2) is 18.2 Å². The Labute approximate surface area is 149 Å². The van der Waals surface area contributed by atoms with Crippen molar-refractivity contribution >= 4 is 57.7 Å². The van der Waals surface area contributed by atoms with Gasteiger partial charge in [0, 0.05) is 8.99 Å². The number of rotatable bonds is 2. The highest BCUT2D eigenvalue weighted by molar-refractivity contribution is 14.1. The lowest BCUT2D eigenvalue weighted by Gasteiger charge is -2.33. The van der Waals surface area contributed by atoms with E-state index in [1.165, 1.54) is 23.5 Å². The maximum Gasteiger partial charge on any atom is 0.229 e. The van der Waals surface area contributed by atoms with Gasteiger partial charge in [-0.2, -0.15) is 0 Å². The Kier molecular flexibility index (Phi) is 5.58. The van der Waals surface area contributed by atoms with E-state index in [0.717, 1.165) is 9.26 Å². The first-order valence-electron chi connectivity index (χ1n) is 7.12. The minimum absolute atomic E-state index is 0.0563. The zero-order valence-electron chi connectivity index (χ0n) is 13.0. The van der Waals surface area contributed by atoms with E-state index in [-0.39, 0.29) is 15.4 Å². The van der Waals surface area contributed by atoms with Gasteiger partial charge in [0.15, 0.2) is 0 Å². The lowest BCUT2D eigenvalue weighted by Crippen LogP contribution is -2.28. The smallest absolute Gasteiger partial charge is 0.229 e. The van der Waals surface area contributed by atoms with Crippen molar-refractivity contribution in [3.8, 4) is 0 Å². The molecule has 1 amide bonds. The number of hydrogen-bond donors (Lipinski definition) is 1. The molecule has 1 aromatic rings. The second-order valence-corrected chi connectivity index (χ2v) is 10.8. The molecule has 0 saturated carbocycles. The van der Waals surface area contributed by atoms with Gasteiger partial charge < -0.3 is 5.32 Å². The molecule has 0 unspecified atom stereocenters. The maximum absolute atomic E-state index is 12.1. The topological polar surface area (TPSA) is 29.1 Å². The molecule has 1 N–H and O–H groups in total. The normalized spacial score (nSPS) is 18.3. The summed E-state index contributed by atoms with van der Waals surface area (Å²) in [5, 5.41) is 3.03. The van der Waals surface area contributed by atoms with Crippen molar-refractivity contribution in [1.29, 1.82) is 0 Å². The van der Waals surface area contributed by atoms with E-state index in [4.69, 9.17) is 0 Å². The lowest BCUT2D eigenvalue weighted by atomic mass is 9.95. The van der Waals surface area contributed by atoms with Crippen LogP contribution in [0.25, 0.3) is 0 Å². The molecule has 0 atom stereocenters. The summed E-state index contributed by atoms with van der Waals surface area (Å²) in [5.74, 6) is 2.51. The number of nitrogens with one attached hydrogen (secondary N) is 1. The summed E-state index contributed by atoms with van der Waals surface area (Å²) < 4.78 is 1.25. The van der Waals surface area contributed by atoms with Crippen LogP contribution < -0.4 is 5.32 Å². The van der Waals surface area contributed by atoms with Crippen molar-refractivity contribution in [3.63, 3.8) is 0 Å². The van der Waals surface area contributed by atoms with Crippen LogP contribution in [-0.2, 0) is 8.87 Å². The first-order valence-corrected chi connectivity index (χ1v) is 10.2. The minimum Gasteiger partial charge on any atom is -0.325 e. The molecule has 5 heteroatoms. The van der Waals surface area contributed by atoms with E-state index < -0.39 is 0 Å². The van der Waals surface area contributed by atoms with Gasteiger partial charge in [0.05, 0.1) is 9.77 Å². The number of amides is 1. The second kappa shape index (κ2) is 6.71. The second-order valence-electron chi connectivity index (χ2n) is 6.39. The van der Waals surface area contributed by atoms with Crippen molar-refractivity contribution < 1.29 is 4.79 Å². The minimum atomic E-state index is -0.372. The summed E-state index contributed by atoms with van der Waals surface area (Å²) in [7, 11) is 0.